The minimum atomic E-state index is -1.16. The molecule has 0 saturated carbocycles. The number of pyridine rings is 1. The predicted octanol–water partition coefficient (Wildman–Crippen LogP) is 1.14. The van der Waals surface area contributed by atoms with Crippen LogP contribution in [0.5, 0.6) is 5.75 Å². The third-order valence-electron chi connectivity index (χ3n) is 4.38. The molecule has 0 bridgehead atoms. The maximum Gasteiger partial charge on any atom is 0.279 e. The van der Waals surface area contributed by atoms with Crippen LogP contribution < -0.4 is 16.4 Å². The second-order valence-electron chi connectivity index (χ2n) is 6.27. The van der Waals surface area contributed by atoms with Crippen molar-refractivity contribution in [3.8, 4) is 5.75 Å². The average molecular weight is 427 g/mol. The van der Waals surface area contributed by atoms with Gasteiger partial charge in [-0.3, -0.25) is 45.5 Å². The molecule has 0 saturated heterocycles. The number of carbonyl (C=O) groups is 2. The summed E-state index contributed by atoms with van der Waals surface area (Å²) in [6.45, 7) is 0. The lowest BCUT2D eigenvalue weighted by Crippen LogP contribution is -2.44. The Bertz CT molecular complexity index is 1300. The Morgan fingerprint density at radius 1 is 0.968 bits per heavy atom. The van der Waals surface area contributed by atoms with Crippen molar-refractivity contribution in [3.63, 3.8) is 0 Å². The van der Waals surface area contributed by atoms with Crippen molar-refractivity contribution in [2.75, 3.05) is 0 Å². The fourth-order valence-corrected chi connectivity index (χ4v) is 2.87. The summed E-state index contributed by atoms with van der Waals surface area (Å²) < 4.78 is 1.13. The summed E-state index contributed by atoms with van der Waals surface area (Å²) in [5.74, 6) is -2.87. The standard InChI is InChI=1S/C18H13N5O8/c1-21-13-5-3-2-4-12(13)15(24)14(18(21)27)17(26)20-19-16(25)9-6-10(22(28)29)8-11(7-9)23(30)31/h2-8,24H,1H3,(H,19,25)(H,20,26). The number of non-ortho nitro benzene ring substituents is 2. The quantitative estimate of drug-likeness (QED) is 0.408. The Morgan fingerprint density at radius 3 is 2.10 bits per heavy atom. The number of nitrogens with one attached hydrogen (secondary N) is 2. The van der Waals surface area contributed by atoms with Gasteiger partial charge in [0, 0.05) is 24.6 Å². The molecule has 31 heavy (non-hydrogen) atoms. The molecule has 1 heterocycles. The van der Waals surface area contributed by atoms with E-state index in [4.69, 9.17) is 0 Å². The van der Waals surface area contributed by atoms with E-state index in [1.807, 2.05) is 10.9 Å². The number of nitro groups is 2. The van der Waals surface area contributed by atoms with Crippen LogP contribution in [0.4, 0.5) is 11.4 Å². The summed E-state index contributed by atoms with van der Waals surface area (Å²) in [5.41, 5.74) is 0.830. The molecule has 3 N–H and O–H groups in total. The molecule has 0 aliphatic rings. The molecular formula is C18H13N5O8. The van der Waals surface area contributed by atoms with E-state index >= 15 is 0 Å². The molecule has 2 aromatic carbocycles. The van der Waals surface area contributed by atoms with Crippen LogP contribution in [0, 0.1) is 20.2 Å². The van der Waals surface area contributed by atoms with Gasteiger partial charge in [-0.2, -0.15) is 0 Å². The van der Waals surface area contributed by atoms with Crippen LogP contribution in [-0.4, -0.2) is 31.3 Å². The van der Waals surface area contributed by atoms with Crippen molar-refractivity contribution in [2.45, 2.75) is 0 Å². The Balaban J connectivity index is 1.90. The van der Waals surface area contributed by atoms with E-state index in [1.165, 1.54) is 13.1 Å². The number of rotatable bonds is 4. The third-order valence-corrected chi connectivity index (χ3v) is 4.38. The van der Waals surface area contributed by atoms with Gasteiger partial charge in [0.05, 0.1) is 27.0 Å². The zero-order chi connectivity index (χ0) is 22.9. The molecule has 1 aromatic heterocycles. The van der Waals surface area contributed by atoms with Crippen LogP contribution in [0.15, 0.2) is 47.3 Å². The zero-order valence-electron chi connectivity index (χ0n) is 15.7. The normalized spacial score (nSPS) is 10.5. The van der Waals surface area contributed by atoms with Crippen LogP contribution in [0.2, 0.25) is 0 Å². The summed E-state index contributed by atoms with van der Waals surface area (Å²) in [5, 5.41) is 32.4. The maximum atomic E-state index is 12.5. The average Bonchev–Trinajstić information content (AvgIpc) is 2.75. The highest BCUT2D eigenvalue weighted by molar-refractivity contribution is 6.04. The van der Waals surface area contributed by atoms with Crippen LogP contribution in [0.1, 0.15) is 20.7 Å². The number of nitrogens with zero attached hydrogens (tertiary/aromatic N) is 3. The number of aromatic hydroxyl groups is 1. The smallest absolute Gasteiger partial charge is 0.279 e. The molecule has 2 amide bonds. The molecule has 0 atom stereocenters. The number of aromatic nitrogens is 1. The van der Waals surface area contributed by atoms with Crippen molar-refractivity contribution >= 4 is 34.1 Å². The maximum absolute atomic E-state index is 12.5. The van der Waals surface area contributed by atoms with E-state index in [2.05, 4.69) is 0 Å². The molecule has 0 fully saturated rings. The van der Waals surface area contributed by atoms with Gasteiger partial charge >= 0.3 is 0 Å². The predicted molar refractivity (Wildman–Crippen MR) is 106 cm³/mol. The van der Waals surface area contributed by atoms with Gasteiger partial charge in [0.2, 0.25) is 0 Å². The molecular weight excluding hydrogens is 414 g/mol. The van der Waals surface area contributed by atoms with E-state index in [1.54, 1.807) is 18.2 Å². The number of carbonyl (C=O) groups excluding carboxylic acids is 2. The van der Waals surface area contributed by atoms with Crippen molar-refractivity contribution in [2.24, 2.45) is 7.05 Å². The fraction of sp³-hybridized carbons (Fsp3) is 0.0556. The first-order valence-corrected chi connectivity index (χ1v) is 8.47. The number of aryl methyl sites for hydroxylation is 1. The molecule has 0 aliphatic carbocycles. The van der Waals surface area contributed by atoms with E-state index in [0.717, 1.165) is 16.7 Å². The summed E-state index contributed by atoms with van der Waals surface area (Å²) in [7, 11) is 1.39. The van der Waals surface area contributed by atoms with E-state index in [-0.39, 0.29) is 5.39 Å². The summed E-state index contributed by atoms with van der Waals surface area (Å²) >= 11 is 0. The van der Waals surface area contributed by atoms with Gasteiger partial charge < -0.3 is 9.67 Å². The highest BCUT2D eigenvalue weighted by Gasteiger charge is 2.23. The first-order valence-electron chi connectivity index (χ1n) is 8.47. The molecule has 3 rings (SSSR count). The Kier molecular flexibility index (Phi) is 5.33. The minimum absolute atomic E-state index is 0.218. The van der Waals surface area contributed by atoms with Crippen LogP contribution in [0.25, 0.3) is 10.9 Å². The summed E-state index contributed by atoms with van der Waals surface area (Å²) in [4.78, 5) is 57.2. The third kappa shape index (κ3) is 3.87. The zero-order valence-corrected chi connectivity index (χ0v) is 15.7. The number of benzene rings is 2. The van der Waals surface area contributed by atoms with E-state index in [0.29, 0.717) is 11.6 Å². The van der Waals surface area contributed by atoms with Crippen LogP contribution in [0.3, 0.4) is 0 Å². The minimum Gasteiger partial charge on any atom is -0.506 e. The largest absolute Gasteiger partial charge is 0.506 e. The van der Waals surface area contributed by atoms with Crippen LogP contribution in [-0.2, 0) is 7.05 Å². The van der Waals surface area contributed by atoms with Gasteiger partial charge in [-0.25, -0.2) is 0 Å². The van der Waals surface area contributed by atoms with Crippen molar-refractivity contribution in [1.29, 1.82) is 0 Å². The van der Waals surface area contributed by atoms with Crippen LogP contribution >= 0.6 is 0 Å². The number of hydrogen-bond donors (Lipinski definition) is 3. The van der Waals surface area contributed by atoms with Crippen molar-refractivity contribution in [1.82, 2.24) is 15.4 Å². The Hall–Kier alpha value is -4.81. The number of nitro benzene ring substituents is 2. The highest BCUT2D eigenvalue weighted by atomic mass is 16.6. The highest BCUT2D eigenvalue weighted by Crippen LogP contribution is 2.25. The number of fused-ring (bicyclic) bond motifs is 1. The molecule has 13 heteroatoms. The molecule has 0 spiro atoms. The topological polar surface area (TPSA) is 187 Å². The monoisotopic (exact) mass is 427 g/mol. The Labute approximate surface area is 171 Å². The van der Waals surface area contributed by atoms with Gasteiger partial charge in [-0.1, -0.05) is 12.1 Å². The summed E-state index contributed by atoms with van der Waals surface area (Å²) in [6, 6.07) is 8.51. The molecule has 0 unspecified atom stereocenters. The molecule has 13 nitrogen and oxygen atoms in total. The first kappa shape index (κ1) is 20.9. The fourth-order valence-electron chi connectivity index (χ4n) is 2.87. The van der Waals surface area contributed by atoms with Crippen molar-refractivity contribution in [3.05, 3.63) is 84.2 Å². The lowest BCUT2D eigenvalue weighted by atomic mass is 10.1. The van der Waals surface area contributed by atoms with Gasteiger partial charge in [0.25, 0.3) is 28.7 Å². The lowest BCUT2D eigenvalue weighted by molar-refractivity contribution is -0.394. The second-order valence-corrected chi connectivity index (χ2v) is 6.27. The number of para-hydroxylation sites is 1. The lowest BCUT2D eigenvalue weighted by Gasteiger charge is -2.12. The van der Waals surface area contributed by atoms with E-state index < -0.39 is 55.5 Å². The number of hydrogen-bond acceptors (Lipinski definition) is 8. The number of hydrazine groups is 1. The Morgan fingerprint density at radius 2 is 1.52 bits per heavy atom. The molecule has 0 radical (unpaired) electrons. The SMILES string of the molecule is Cn1c(=O)c(C(=O)NNC(=O)c2cc([N+](=O)[O-])cc([N+](=O)[O-])c2)c(O)c2ccccc21. The molecule has 158 valence electrons. The van der Waals surface area contributed by atoms with Gasteiger partial charge in [-0.05, 0) is 12.1 Å². The molecule has 3 aromatic rings. The number of amides is 2. The second kappa shape index (κ2) is 7.90. The van der Waals surface area contributed by atoms with Gasteiger partial charge in [0.1, 0.15) is 11.3 Å². The van der Waals surface area contributed by atoms with E-state index in [9.17, 15) is 39.7 Å². The van der Waals surface area contributed by atoms with Gasteiger partial charge in [0.15, 0.2) is 0 Å². The molecule has 0 aliphatic heterocycles. The summed E-state index contributed by atoms with van der Waals surface area (Å²) in [6.07, 6.45) is 0. The van der Waals surface area contributed by atoms with Crippen molar-refractivity contribution < 1.29 is 24.5 Å². The van der Waals surface area contributed by atoms with Gasteiger partial charge in [-0.15, -0.1) is 0 Å². The first-order chi connectivity index (χ1) is 14.6.